The number of rotatable bonds is 4. The van der Waals surface area contributed by atoms with Crippen molar-refractivity contribution in [1.29, 1.82) is 0 Å². The molecule has 0 aromatic carbocycles. The van der Waals surface area contributed by atoms with Gasteiger partial charge in [0.05, 0.1) is 12.2 Å². The van der Waals surface area contributed by atoms with Crippen LogP contribution >= 0.6 is 0 Å². The normalized spacial score (nSPS) is 16.1. The smallest absolute Gasteiger partial charge is 0.280 e. The number of hydrogen-bond acceptors (Lipinski definition) is 5. The number of ether oxygens (including phenoxy) is 1. The van der Waals surface area contributed by atoms with Crippen LogP contribution < -0.4 is 5.73 Å². The van der Waals surface area contributed by atoms with E-state index in [1.807, 2.05) is 0 Å². The van der Waals surface area contributed by atoms with Gasteiger partial charge in [-0.2, -0.15) is 0 Å². The van der Waals surface area contributed by atoms with Crippen molar-refractivity contribution in [3.63, 3.8) is 0 Å². The van der Waals surface area contributed by atoms with E-state index in [0.29, 0.717) is 12.2 Å². The van der Waals surface area contributed by atoms with E-state index in [4.69, 9.17) is 10.5 Å². The molecule has 0 saturated carbocycles. The van der Waals surface area contributed by atoms with Crippen LogP contribution in [0.25, 0.3) is 0 Å². The second kappa shape index (κ2) is 4.83. The molecule has 0 fully saturated rings. The Morgan fingerprint density at radius 1 is 1.44 bits per heavy atom. The van der Waals surface area contributed by atoms with Crippen LogP contribution in [-0.4, -0.2) is 41.4 Å². The van der Waals surface area contributed by atoms with Gasteiger partial charge in [0.15, 0.2) is 0 Å². The summed E-state index contributed by atoms with van der Waals surface area (Å²) < 4.78 is 4.97. The monoisotopic (exact) mass is 249 g/mol. The molecule has 0 spiro atoms. The number of imide groups is 1. The van der Waals surface area contributed by atoms with Crippen molar-refractivity contribution in [3.05, 3.63) is 29.1 Å². The van der Waals surface area contributed by atoms with Crippen molar-refractivity contribution in [3.8, 4) is 0 Å². The Balaban J connectivity index is 2.33. The SMILES string of the molecule is COCc1cnc2c(c1)C(=O)N(CC(C)N)C2=O. The molecule has 0 saturated heterocycles. The Morgan fingerprint density at radius 2 is 2.17 bits per heavy atom. The first-order valence-electron chi connectivity index (χ1n) is 5.64. The first kappa shape index (κ1) is 12.7. The molecule has 6 nitrogen and oxygen atoms in total. The first-order valence-corrected chi connectivity index (χ1v) is 5.64. The summed E-state index contributed by atoms with van der Waals surface area (Å²) in [5.74, 6) is -0.714. The minimum absolute atomic E-state index is 0.195. The van der Waals surface area contributed by atoms with Gasteiger partial charge in [0.1, 0.15) is 5.69 Å². The van der Waals surface area contributed by atoms with E-state index in [-0.39, 0.29) is 30.1 Å². The van der Waals surface area contributed by atoms with Gasteiger partial charge in [-0.25, -0.2) is 4.98 Å². The second-order valence-electron chi connectivity index (χ2n) is 4.37. The van der Waals surface area contributed by atoms with Crippen LogP contribution in [-0.2, 0) is 11.3 Å². The Morgan fingerprint density at radius 3 is 2.78 bits per heavy atom. The molecule has 1 unspecified atom stereocenters. The summed E-state index contributed by atoms with van der Waals surface area (Å²) >= 11 is 0. The molecular formula is C12H15N3O3. The number of nitrogens with two attached hydrogens (primary N) is 1. The van der Waals surface area contributed by atoms with Crippen molar-refractivity contribution in [2.75, 3.05) is 13.7 Å². The third-order valence-corrected chi connectivity index (χ3v) is 2.65. The zero-order valence-electron chi connectivity index (χ0n) is 10.3. The summed E-state index contributed by atoms with van der Waals surface area (Å²) in [5, 5.41) is 0. The molecule has 6 heteroatoms. The van der Waals surface area contributed by atoms with Gasteiger partial charge in [-0.3, -0.25) is 14.5 Å². The number of fused-ring (bicyclic) bond motifs is 1. The lowest BCUT2D eigenvalue weighted by atomic mass is 10.1. The predicted octanol–water partition coefficient (Wildman–Crippen LogP) is 0.171. The lowest BCUT2D eigenvalue weighted by Gasteiger charge is -2.15. The van der Waals surface area contributed by atoms with E-state index in [2.05, 4.69) is 4.98 Å². The number of pyridine rings is 1. The molecule has 2 rings (SSSR count). The van der Waals surface area contributed by atoms with E-state index in [1.54, 1.807) is 26.3 Å². The summed E-state index contributed by atoms with van der Waals surface area (Å²) in [4.78, 5) is 29.2. The number of carbonyl (C=O) groups is 2. The van der Waals surface area contributed by atoms with Gasteiger partial charge in [0.25, 0.3) is 11.8 Å². The zero-order chi connectivity index (χ0) is 13.3. The minimum Gasteiger partial charge on any atom is -0.380 e. The highest BCUT2D eigenvalue weighted by Gasteiger charge is 2.37. The molecule has 96 valence electrons. The van der Waals surface area contributed by atoms with Crippen LogP contribution in [0.2, 0.25) is 0 Å². The number of amides is 2. The molecule has 0 bridgehead atoms. The van der Waals surface area contributed by atoms with Crippen molar-refractivity contribution >= 4 is 11.8 Å². The van der Waals surface area contributed by atoms with Crippen molar-refractivity contribution in [1.82, 2.24) is 9.88 Å². The first-order chi connectivity index (χ1) is 8.54. The van der Waals surface area contributed by atoms with E-state index in [9.17, 15) is 9.59 Å². The Hall–Kier alpha value is -1.79. The second-order valence-corrected chi connectivity index (χ2v) is 4.37. The fourth-order valence-electron chi connectivity index (χ4n) is 1.91. The van der Waals surface area contributed by atoms with Gasteiger partial charge in [-0.05, 0) is 18.6 Å². The summed E-state index contributed by atoms with van der Waals surface area (Å²) in [7, 11) is 1.56. The molecular weight excluding hydrogens is 234 g/mol. The van der Waals surface area contributed by atoms with Gasteiger partial charge in [0.2, 0.25) is 0 Å². The number of carbonyl (C=O) groups excluding carboxylic acids is 2. The fourth-order valence-corrected chi connectivity index (χ4v) is 1.91. The highest BCUT2D eigenvalue weighted by atomic mass is 16.5. The fraction of sp³-hybridized carbons (Fsp3) is 0.417. The summed E-state index contributed by atoms with van der Waals surface area (Å²) in [5.41, 5.74) is 6.91. The van der Waals surface area contributed by atoms with Gasteiger partial charge in [-0.1, -0.05) is 0 Å². The van der Waals surface area contributed by atoms with Gasteiger partial charge in [0, 0.05) is 25.9 Å². The quantitative estimate of drug-likeness (QED) is 0.769. The van der Waals surface area contributed by atoms with Gasteiger partial charge in [-0.15, -0.1) is 0 Å². The van der Waals surface area contributed by atoms with Gasteiger partial charge < -0.3 is 10.5 Å². The maximum Gasteiger partial charge on any atom is 0.280 e. The van der Waals surface area contributed by atoms with E-state index in [0.717, 1.165) is 10.5 Å². The lowest BCUT2D eigenvalue weighted by Crippen LogP contribution is -2.39. The van der Waals surface area contributed by atoms with Crippen LogP contribution in [0, 0.1) is 0 Å². The number of hydrogen-bond donors (Lipinski definition) is 1. The predicted molar refractivity (Wildman–Crippen MR) is 64.0 cm³/mol. The largest absolute Gasteiger partial charge is 0.380 e. The van der Waals surface area contributed by atoms with E-state index >= 15 is 0 Å². The molecule has 1 aromatic rings. The highest BCUT2D eigenvalue weighted by Crippen LogP contribution is 2.22. The Labute approximate surface area is 105 Å². The molecule has 18 heavy (non-hydrogen) atoms. The Bertz CT molecular complexity index is 499. The number of nitrogens with zero attached hydrogens (tertiary/aromatic N) is 2. The van der Waals surface area contributed by atoms with Crippen LogP contribution in [0.15, 0.2) is 12.3 Å². The van der Waals surface area contributed by atoms with E-state index < -0.39 is 0 Å². The summed E-state index contributed by atoms with van der Waals surface area (Å²) in [6, 6.07) is 1.39. The van der Waals surface area contributed by atoms with Crippen LogP contribution in [0.4, 0.5) is 0 Å². The molecule has 1 aliphatic rings. The summed E-state index contributed by atoms with van der Waals surface area (Å²) in [6.07, 6.45) is 1.54. The minimum atomic E-state index is -0.378. The highest BCUT2D eigenvalue weighted by molar-refractivity contribution is 6.20. The zero-order valence-corrected chi connectivity index (χ0v) is 10.3. The average molecular weight is 249 g/mol. The van der Waals surface area contributed by atoms with Crippen LogP contribution in [0.1, 0.15) is 33.3 Å². The van der Waals surface area contributed by atoms with Crippen LogP contribution in [0.5, 0.6) is 0 Å². The molecule has 0 radical (unpaired) electrons. The standard InChI is InChI=1S/C12H15N3O3/c1-7(13)5-15-11(16)9-3-8(6-18-2)4-14-10(9)12(15)17/h3-4,7H,5-6,13H2,1-2H3. The molecule has 2 amide bonds. The summed E-state index contributed by atoms with van der Waals surface area (Å²) in [6.45, 7) is 2.30. The van der Waals surface area contributed by atoms with Gasteiger partial charge >= 0.3 is 0 Å². The molecule has 1 aliphatic heterocycles. The van der Waals surface area contributed by atoms with Crippen LogP contribution in [0.3, 0.4) is 0 Å². The third kappa shape index (κ3) is 2.12. The molecule has 2 N–H and O–H groups in total. The number of methoxy groups -OCH3 is 1. The molecule has 1 aromatic heterocycles. The van der Waals surface area contributed by atoms with Crippen molar-refractivity contribution in [2.24, 2.45) is 5.73 Å². The Kier molecular flexibility index (Phi) is 3.40. The maximum atomic E-state index is 12.1. The topological polar surface area (TPSA) is 85.5 Å². The molecule has 2 heterocycles. The lowest BCUT2D eigenvalue weighted by molar-refractivity contribution is 0.0645. The van der Waals surface area contributed by atoms with Crippen molar-refractivity contribution in [2.45, 2.75) is 19.6 Å². The third-order valence-electron chi connectivity index (χ3n) is 2.65. The molecule has 1 atom stereocenters. The maximum absolute atomic E-state index is 12.1. The molecule has 0 aliphatic carbocycles. The number of aromatic nitrogens is 1. The average Bonchev–Trinajstić information content (AvgIpc) is 2.55. The van der Waals surface area contributed by atoms with E-state index in [1.165, 1.54) is 0 Å². The van der Waals surface area contributed by atoms with Crippen molar-refractivity contribution < 1.29 is 14.3 Å².